The molecule has 1 atom stereocenters. The van der Waals surface area contributed by atoms with Gasteiger partial charge in [0, 0.05) is 17.5 Å². The molecular weight excluding hydrogens is 531 g/mol. The van der Waals surface area contributed by atoms with Crippen molar-refractivity contribution in [3.8, 4) is 28.4 Å². The van der Waals surface area contributed by atoms with Crippen LogP contribution in [0.2, 0.25) is 0 Å². The van der Waals surface area contributed by atoms with Crippen LogP contribution in [0, 0.1) is 5.82 Å². The SMILES string of the molecule is CCc1cc(O)c(F)cc1-c1ccc2c(-c3nc4c([nH]3)CCN([S+]([O-])N3CCS(=O)(=O)CC3)C4)n[nH]c2c1. The Bertz CT molecular complexity index is 1620. The number of halogens is 1. The van der Waals surface area contributed by atoms with E-state index >= 15 is 0 Å². The smallest absolute Gasteiger partial charge is 0.165 e. The lowest BCUT2D eigenvalue weighted by atomic mass is 9.96. The van der Waals surface area contributed by atoms with Crippen molar-refractivity contribution >= 4 is 32.3 Å². The van der Waals surface area contributed by atoms with Crippen molar-refractivity contribution in [1.29, 1.82) is 0 Å². The van der Waals surface area contributed by atoms with Crippen LogP contribution in [0.4, 0.5) is 4.39 Å². The average Bonchev–Trinajstić information content (AvgIpc) is 3.52. The Morgan fingerprint density at radius 2 is 1.95 bits per heavy atom. The van der Waals surface area contributed by atoms with E-state index in [9.17, 15) is 22.5 Å². The quantitative estimate of drug-likeness (QED) is 0.318. The van der Waals surface area contributed by atoms with E-state index in [1.54, 1.807) is 4.31 Å². The van der Waals surface area contributed by atoms with Gasteiger partial charge in [-0.05, 0) is 47.4 Å². The van der Waals surface area contributed by atoms with Crippen molar-refractivity contribution in [2.24, 2.45) is 0 Å². The van der Waals surface area contributed by atoms with Gasteiger partial charge in [0.15, 0.2) is 27.2 Å². The second kappa shape index (κ2) is 9.65. The molecule has 13 heteroatoms. The van der Waals surface area contributed by atoms with Crippen molar-refractivity contribution in [3.63, 3.8) is 0 Å². The third kappa shape index (κ3) is 4.58. The number of hydrogen-bond donors (Lipinski definition) is 3. The second-order valence-corrected chi connectivity index (χ2v) is 13.4. The van der Waals surface area contributed by atoms with Gasteiger partial charge in [-0.2, -0.15) is 5.10 Å². The molecule has 2 aromatic carbocycles. The van der Waals surface area contributed by atoms with Gasteiger partial charge in [0.2, 0.25) is 0 Å². The predicted octanol–water partition coefficient (Wildman–Crippen LogP) is 2.69. The Balaban J connectivity index is 1.24. The molecule has 0 spiro atoms. The molecular formula is C25H27FN6O4S2. The molecule has 0 radical (unpaired) electrons. The van der Waals surface area contributed by atoms with E-state index in [4.69, 9.17) is 4.98 Å². The summed E-state index contributed by atoms with van der Waals surface area (Å²) in [7, 11) is -3.04. The largest absolute Gasteiger partial charge is 0.578 e. The number of H-pyrrole nitrogens is 2. The number of hydrogen-bond acceptors (Lipinski definition) is 8. The van der Waals surface area contributed by atoms with Gasteiger partial charge in [0.1, 0.15) is 17.2 Å². The zero-order valence-corrected chi connectivity index (χ0v) is 22.3. The highest BCUT2D eigenvalue weighted by Crippen LogP contribution is 2.34. The standard InChI is InChI=1S/C25H27FN6O4S2/c1-2-15-12-23(33)19(26)13-18(15)16-3-4-17-21(11-16)29-30-24(17)25-27-20-5-6-32(14-22(20)28-25)37(34)31-7-9-38(35,36)10-8-31/h3-4,11-13,33H,2,5-10,14H2,1H3,(H,27,28)(H,29,30). The normalized spacial score (nSPS) is 19.0. The van der Waals surface area contributed by atoms with Crippen LogP contribution in [-0.2, 0) is 40.8 Å². The third-order valence-electron chi connectivity index (χ3n) is 7.20. The van der Waals surface area contributed by atoms with Gasteiger partial charge in [-0.1, -0.05) is 13.0 Å². The molecule has 4 heterocycles. The molecule has 6 rings (SSSR count). The molecule has 2 aliphatic heterocycles. The molecule has 1 unspecified atom stereocenters. The van der Waals surface area contributed by atoms with E-state index in [1.165, 1.54) is 12.1 Å². The monoisotopic (exact) mass is 558 g/mol. The zero-order valence-electron chi connectivity index (χ0n) is 20.7. The van der Waals surface area contributed by atoms with Crippen LogP contribution in [0.5, 0.6) is 5.75 Å². The van der Waals surface area contributed by atoms with Gasteiger partial charge in [0.25, 0.3) is 0 Å². The molecule has 1 saturated heterocycles. The lowest BCUT2D eigenvalue weighted by Crippen LogP contribution is -2.51. The Kier molecular flexibility index (Phi) is 6.43. The minimum Gasteiger partial charge on any atom is -0.578 e. The summed E-state index contributed by atoms with van der Waals surface area (Å²) in [6.07, 6.45) is 1.28. The minimum absolute atomic E-state index is 0.0276. The molecule has 4 aromatic rings. The molecule has 38 heavy (non-hydrogen) atoms. The maximum atomic E-state index is 14.1. The Labute approximate surface area is 222 Å². The second-order valence-electron chi connectivity index (χ2n) is 9.58. The van der Waals surface area contributed by atoms with Crippen LogP contribution in [0.1, 0.15) is 23.9 Å². The summed E-state index contributed by atoms with van der Waals surface area (Å²) < 4.78 is 54.2. The lowest BCUT2D eigenvalue weighted by Gasteiger charge is -2.33. The summed E-state index contributed by atoms with van der Waals surface area (Å²) in [6, 6.07) is 8.54. The molecule has 2 aliphatic rings. The first-order chi connectivity index (χ1) is 18.2. The van der Waals surface area contributed by atoms with Crippen molar-refractivity contribution in [1.82, 2.24) is 28.8 Å². The Morgan fingerprint density at radius 3 is 2.71 bits per heavy atom. The van der Waals surface area contributed by atoms with Crippen LogP contribution in [-0.4, -0.2) is 78.0 Å². The minimum atomic E-state index is -3.04. The highest BCUT2D eigenvalue weighted by molar-refractivity contribution is 7.91. The molecule has 10 nitrogen and oxygen atoms in total. The number of aromatic amines is 2. The number of sulfone groups is 1. The van der Waals surface area contributed by atoms with Crippen LogP contribution < -0.4 is 0 Å². The van der Waals surface area contributed by atoms with Gasteiger partial charge in [-0.15, -0.1) is 8.61 Å². The number of phenols is 1. The fourth-order valence-corrected chi connectivity index (χ4v) is 7.79. The van der Waals surface area contributed by atoms with Crippen molar-refractivity contribution < 1.29 is 22.5 Å². The van der Waals surface area contributed by atoms with E-state index in [0.29, 0.717) is 43.0 Å². The third-order valence-corrected chi connectivity index (χ3v) is 10.4. The Morgan fingerprint density at radius 1 is 1.16 bits per heavy atom. The highest BCUT2D eigenvalue weighted by Gasteiger charge is 2.36. The number of aryl methyl sites for hydroxylation is 1. The van der Waals surface area contributed by atoms with E-state index in [0.717, 1.165) is 33.4 Å². The lowest BCUT2D eigenvalue weighted by molar-refractivity contribution is 0.329. The number of aromatic nitrogens is 4. The maximum absolute atomic E-state index is 14.1. The molecule has 0 amide bonds. The molecule has 0 aliphatic carbocycles. The van der Waals surface area contributed by atoms with Gasteiger partial charge in [-0.25, -0.2) is 17.8 Å². The fourth-order valence-electron chi connectivity index (χ4n) is 5.06. The van der Waals surface area contributed by atoms with Crippen LogP contribution in [0.25, 0.3) is 33.5 Å². The molecule has 2 aromatic heterocycles. The molecule has 3 N–H and O–H groups in total. The van der Waals surface area contributed by atoms with E-state index in [1.807, 2.05) is 29.4 Å². The topological polar surface area (TPSA) is 141 Å². The fraction of sp³-hybridized carbons (Fsp3) is 0.360. The first-order valence-electron chi connectivity index (χ1n) is 12.4. The molecule has 1 fully saturated rings. The highest BCUT2D eigenvalue weighted by atomic mass is 32.2. The van der Waals surface area contributed by atoms with Crippen molar-refractivity contribution in [2.45, 2.75) is 26.3 Å². The number of rotatable bonds is 5. The predicted molar refractivity (Wildman–Crippen MR) is 143 cm³/mol. The van der Waals surface area contributed by atoms with Crippen molar-refractivity contribution in [2.75, 3.05) is 31.1 Å². The number of imidazole rings is 1. The van der Waals surface area contributed by atoms with Crippen LogP contribution >= 0.6 is 0 Å². The van der Waals surface area contributed by atoms with Gasteiger partial charge < -0.3 is 14.6 Å². The molecule has 200 valence electrons. The van der Waals surface area contributed by atoms with Crippen LogP contribution in [0.3, 0.4) is 0 Å². The zero-order chi connectivity index (χ0) is 26.6. The number of nitrogens with zero attached hydrogens (tertiary/aromatic N) is 4. The first kappa shape index (κ1) is 25.3. The summed E-state index contributed by atoms with van der Waals surface area (Å²) in [6.45, 7) is 3.44. The summed E-state index contributed by atoms with van der Waals surface area (Å²) in [5, 5.41) is 18.2. The number of phenolic OH excluding ortho intramolecular Hbond substituents is 1. The van der Waals surface area contributed by atoms with Gasteiger partial charge in [-0.3, -0.25) is 5.10 Å². The first-order valence-corrected chi connectivity index (χ1v) is 15.3. The number of fused-ring (bicyclic) bond motifs is 2. The van der Waals surface area contributed by atoms with E-state index in [-0.39, 0.29) is 30.3 Å². The van der Waals surface area contributed by atoms with E-state index < -0.39 is 27.2 Å². The maximum Gasteiger partial charge on any atom is 0.165 e. The number of nitrogens with one attached hydrogen (secondary N) is 2. The summed E-state index contributed by atoms with van der Waals surface area (Å²) in [4.78, 5) is 8.13. The summed E-state index contributed by atoms with van der Waals surface area (Å²) >= 11 is -1.43. The van der Waals surface area contributed by atoms with Gasteiger partial charge >= 0.3 is 0 Å². The molecule has 0 saturated carbocycles. The van der Waals surface area contributed by atoms with Crippen LogP contribution in [0.15, 0.2) is 30.3 Å². The summed E-state index contributed by atoms with van der Waals surface area (Å²) in [5.41, 5.74) is 5.56. The van der Waals surface area contributed by atoms with Crippen molar-refractivity contribution in [3.05, 3.63) is 53.1 Å². The Hall–Kier alpha value is -2.97. The van der Waals surface area contributed by atoms with E-state index in [2.05, 4.69) is 15.2 Å². The number of aromatic hydroxyl groups is 1. The average molecular weight is 559 g/mol. The molecule has 0 bridgehead atoms. The summed E-state index contributed by atoms with van der Waals surface area (Å²) in [5.74, 6) is -0.359. The number of benzene rings is 2. The van der Waals surface area contributed by atoms with Gasteiger partial charge in [0.05, 0.1) is 48.9 Å².